The lowest BCUT2D eigenvalue weighted by Gasteiger charge is -2.40. The van der Waals surface area contributed by atoms with E-state index in [2.05, 4.69) is 61.3 Å². The monoisotopic (exact) mass is 362 g/mol. The van der Waals surface area contributed by atoms with Gasteiger partial charge in [0.15, 0.2) is 0 Å². The van der Waals surface area contributed by atoms with E-state index < -0.39 is 5.66 Å². The van der Waals surface area contributed by atoms with Gasteiger partial charge in [0.25, 0.3) is 0 Å². The summed E-state index contributed by atoms with van der Waals surface area (Å²) in [5, 5.41) is 3.27. The van der Waals surface area contributed by atoms with Crippen molar-refractivity contribution in [1.82, 2.24) is 5.32 Å². The van der Waals surface area contributed by atoms with Crippen LogP contribution in [0.1, 0.15) is 37.5 Å². The van der Waals surface area contributed by atoms with Gasteiger partial charge in [0.05, 0.1) is 13.7 Å². The first-order valence-electron chi connectivity index (χ1n) is 9.46. The second-order valence-corrected chi connectivity index (χ2v) is 7.84. The van der Waals surface area contributed by atoms with E-state index in [4.69, 9.17) is 4.74 Å². The molecule has 0 radical (unpaired) electrons. The van der Waals surface area contributed by atoms with Crippen LogP contribution in [-0.4, -0.2) is 25.2 Å². The van der Waals surface area contributed by atoms with E-state index in [1.165, 1.54) is 11.1 Å². The standard InChI is InChI=1S/C23H26N2O2/c1-5-16-8-11-20-19(14-16)22(2,3)23(24-21(26)15-25(20)23)13-12-17-6-9-18(27-4)10-7-17/h6-14H,5,15H2,1-4H3,(H,24,26). The Morgan fingerprint density at radius 1 is 1.19 bits per heavy atom. The molecule has 1 fully saturated rings. The van der Waals surface area contributed by atoms with Crippen molar-refractivity contribution in [3.8, 4) is 5.75 Å². The van der Waals surface area contributed by atoms with Crippen molar-refractivity contribution < 1.29 is 9.53 Å². The van der Waals surface area contributed by atoms with Gasteiger partial charge in [-0.15, -0.1) is 0 Å². The third kappa shape index (κ3) is 2.54. The molecule has 4 nitrogen and oxygen atoms in total. The number of aryl methyl sites for hydroxylation is 1. The minimum absolute atomic E-state index is 0.0627. The molecule has 4 heteroatoms. The molecule has 0 saturated carbocycles. The first-order valence-corrected chi connectivity index (χ1v) is 9.46. The van der Waals surface area contributed by atoms with E-state index in [0.29, 0.717) is 6.54 Å². The maximum absolute atomic E-state index is 12.4. The molecule has 0 aliphatic carbocycles. The summed E-state index contributed by atoms with van der Waals surface area (Å²) in [5.74, 6) is 0.898. The summed E-state index contributed by atoms with van der Waals surface area (Å²) in [7, 11) is 1.67. The van der Waals surface area contributed by atoms with Crippen LogP contribution in [0, 0.1) is 0 Å². The zero-order valence-electron chi connectivity index (χ0n) is 16.4. The summed E-state index contributed by atoms with van der Waals surface area (Å²) in [6, 6.07) is 14.6. The number of nitrogens with zero attached hydrogens (tertiary/aromatic N) is 1. The lowest BCUT2D eigenvalue weighted by Crippen LogP contribution is -2.58. The summed E-state index contributed by atoms with van der Waals surface area (Å²) >= 11 is 0. The number of fused-ring (bicyclic) bond motifs is 3. The number of methoxy groups -OCH3 is 1. The van der Waals surface area contributed by atoms with Crippen molar-refractivity contribution in [2.75, 3.05) is 18.6 Å². The molecule has 140 valence electrons. The van der Waals surface area contributed by atoms with Gasteiger partial charge in [-0.05, 0) is 47.4 Å². The minimum atomic E-state index is -0.557. The summed E-state index contributed by atoms with van der Waals surface area (Å²) in [6.45, 7) is 6.99. The van der Waals surface area contributed by atoms with E-state index in [0.717, 1.165) is 23.4 Å². The third-order valence-corrected chi connectivity index (χ3v) is 6.08. The number of carbonyl (C=O) groups excluding carboxylic acids is 1. The number of benzene rings is 2. The van der Waals surface area contributed by atoms with Crippen LogP contribution in [-0.2, 0) is 16.6 Å². The van der Waals surface area contributed by atoms with Crippen LogP contribution >= 0.6 is 0 Å². The Labute approximate surface area is 160 Å². The summed E-state index contributed by atoms with van der Waals surface area (Å²) in [6.07, 6.45) is 5.24. The number of anilines is 1. The number of hydrogen-bond donors (Lipinski definition) is 1. The van der Waals surface area contributed by atoms with Crippen LogP contribution in [0.2, 0.25) is 0 Å². The van der Waals surface area contributed by atoms with Crippen LogP contribution in [0.3, 0.4) is 0 Å². The Hall–Kier alpha value is -2.75. The Kier molecular flexibility index (Phi) is 4.02. The topological polar surface area (TPSA) is 41.6 Å². The predicted molar refractivity (Wildman–Crippen MR) is 109 cm³/mol. The lowest BCUT2D eigenvalue weighted by molar-refractivity contribution is -0.118. The van der Waals surface area contributed by atoms with E-state index in [-0.39, 0.29) is 11.3 Å². The molecule has 2 aromatic rings. The van der Waals surface area contributed by atoms with Crippen molar-refractivity contribution in [1.29, 1.82) is 0 Å². The highest BCUT2D eigenvalue weighted by molar-refractivity contribution is 5.91. The molecule has 0 aromatic heterocycles. The molecule has 1 saturated heterocycles. The SMILES string of the molecule is CCc1ccc2c(c1)C(C)(C)C1(C=Cc3ccc(OC)cc3)NC(=O)CN21. The normalized spacial score (nSPS) is 22.7. The fraction of sp³-hybridized carbons (Fsp3) is 0.348. The minimum Gasteiger partial charge on any atom is -0.497 e. The molecule has 1 amide bonds. The van der Waals surface area contributed by atoms with E-state index >= 15 is 0 Å². The molecule has 1 N–H and O–H groups in total. The van der Waals surface area contributed by atoms with Crippen LogP contribution in [0.25, 0.3) is 6.08 Å². The van der Waals surface area contributed by atoms with Gasteiger partial charge in [-0.25, -0.2) is 0 Å². The Morgan fingerprint density at radius 2 is 1.93 bits per heavy atom. The van der Waals surface area contributed by atoms with Gasteiger partial charge in [-0.2, -0.15) is 0 Å². The Bertz CT molecular complexity index is 914. The number of hydrogen-bond acceptors (Lipinski definition) is 3. The molecule has 2 aliphatic heterocycles. The quantitative estimate of drug-likeness (QED) is 0.897. The number of ether oxygens (including phenoxy) is 1. The molecule has 0 spiro atoms. The highest BCUT2D eigenvalue weighted by atomic mass is 16.5. The number of carbonyl (C=O) groups is 1. The Balaban J connectivity index is 1.78. The molecule has 27 heavy (non-hydrogen) atoms. The van der Waals surface area contributed by atoms with Gasteiger partial charge in [-0.1, -0.05) is 51.1 Å². The van der Waals surface area contributed by atoms with Gasteiger partial charge in [0, 0.05) is 11.1 Å². The second kappa shape index (κ2) is 6.15. The molecule has 2 aromatic carbocycles. The molecular formula is C23H26N2O2. The number of nitrogens with one attached hydrogen (secondary N) is 1. The summed E-state index contributed by atoms with van der Waals surface area (Å²) < 4.78 is 5.24. The molecular weight excluding hydrogens is 336 g/mol. The summed E-state index contributed by atoms with van der Waals surface area (Å²) in [5.41, 5.74) is 4.04. The molecule has 2 aliphatic rings. The van der Waals surface area contributed by atoms with E-state index in [9.17, 15) is 4.79 Å². The van der Waals surface area contributed by atoms with Crippen LogP contribution < -0.4 is 15.0 Å². The highest BCUT2D eigenvalue weighted by Crippen LogP contribution is 2.53. The summed E-state index contributed by atoms with van der Waals surface area (Å²) in [4.78, 5) is 14.6. The predicted octanol–water partition coefficient (Wildman–Crippen LogP) is 3.89. The van der Waals surface area contributed by atoms with Crippen molar-refractivity contribution in [2.45, 2.75) is 38.3 Å². The maximum Gasteiger partial charge on any atom is 0.241 e. The van der Waals surface area contributed by atoms with Crippen LogP contribution in [0.4, 0.5) is 5.69 Å². The highest BCUT2D eigenvalue weighted by Gasteiger charge is 2.59. The average Bonchev–Trinajstić information content (AvgIpc) is 3.11. The van der Waals surface area contributed by atoms with Crippen molar-refractivity contribution >= 4 is 17.7 Å². The van der Waals surface area contributed by atoms with Crippen LogP contribution in [0.15, 0.2) is 48.5 Å². The van der Waals surface area contributed by atoms with Crippen molar-refractivity contribution in [3.05, 3.63) is 65.2 Å². The Morgan fingerprint density at radius 3 is 2.59 bits per heavy atom. The van der Waals surface area contributed by atoms with Gasteiger partial charge >= 0.3 is 0 Å². The van der Waals surface area contributed by atoms with E-state index in [1.807, 2.05) is 24.3 Å². The zero-order chi connectivity index (χ0) is 19.2. The third-order valence-electron chi connectivity index (χ3n) is 6.08. The van der Waals surface area contributed by atoms with Gasteiger partial charge < -0.3 is 15.0 Å². The van der Waals surface area contributed by atoms with Crippen molar-refractivity contribution in [3.63, 3.8) is 0 Å². The lowest BCUT2D eigenvalue weighted by atomic mass is 9.75. The van der Waals surface area contributed by atoms with Crippen molar-refractivity contribution in [2.24, 2.45) is 0 Å². The molecule has 1 unspecified atom stereocenters. The fourth-order valence-corrected chi connectivity index (χ4v) is 4.37. The molecule has 0 bridgehead atoms. The molecule has 1 atom stereocenters. The fourth-order valence-electron chi connectivity index (χ4n) is 4.37. The second-order valence-electron chi connectivity index (χ2n) is 7.84. The average molecular weight is 362 g/mol. The molecule has 4 rings (SSSR count). The smallest absolute Gasteiger partial charge is 0.241 e. The number of amides is 1. The first-order chi connectivity index (χ1) is 12.9. The maximum atomic E-state index is 12.4. The van der Waals surface area contributed by atoms with Gasteiger partial charge in [-0.3, -0.25) is 4.79 Å². The van der Waals surface area contributed by atoms with E-state index in [1.54, 1.807) is 7.11 Å². The first kappa shape index (κ1) is 17.7. The number of rotatable bonds is 4. The zero-order valence-corrected chi connectivity index (χ0v) is 16.4. The largest absolute Gasteiger partial charge is 0.497 e. The van der Waals surface area contributed by atoms with Crippen LogP contribution in [0.5, 0.6) is 5.75 Å². The van der Waals surface area contributed by atoms with Gasteiger partial charge in [0.2, 0.25) is 5.91 Å². The van der Waals surface area contributed by atoms with Gasteiger partial charge in [0.1, 0.15) is 11.4 Å². The molecule has 2 heterocycles.